The summed E-state index contributed by atoms with van der Waals surface area (Å²) in [5.74, 6) is 1.05. The Morgan fingerprint density at radius 3 is 2.50 bits per heavy atom. The molecule has 196 valence electrons. The van der Waals surface area contributed by atoms with Gasteiger partial charge >= 0.3 is 6.09 Å². The van der Waals surface area contributed by atoms with Crippen LogP contribution >= 0.6 is 0 Å². The zero-order valence-electron chi connectivity index (χ0n) is 22.3. The van der Waals surface area contributed by atoms with Gasteiger partial charge in [-0.2, -0.15) is 0 Å². The van der Waals surface area contributed by atoms with Crippen LogP contribution in [0.5, 0.6) is 5.75 Å². The molecule has 1 amide bonds. The number of ether oxygens (including phenoxy) is 2. The third kappa shape index (κ3) is 5.68. The summed E-state index contributed by atoms with van der Waals surface area (Å²) in [5, 5.41) is 14.9. The number of aromatic nitrogens is 3. The van der Waals surface area contributed by atoms with Gasteiger partial charge in [-0.15, -0.1) is 10.2 Å². The van der Waals surface area contributed by atoms with E-state index in [1.54, 1.807) is 7.11 Å². The smallest absolute Gasteiger partial charge is 0.412 e. The van der Waals surface area contributed by atoms with E-state index in [0.29, 0.717) is 22.7 Å². The Balaban J connectivity index is 1.54. The molecule has 1 aromatic heterocycles. The molecular weight excluding hydrogens is 480 g/mol. The molecule has 0 saturated carbocycles. The van der Waals surface area contributed by atoms with E-state index >= 15 is 0 Å². The zero-order valence-corrected chi connectivity index (χ0v) is 22.3. The molecule has 0 radical (unpaired) electrons. The van der Waals surface area contributed by atoms with Crippen LogP contribution in [0.25, 0.3) is 22.2 Å². The number of fused-ring (bicyclic) bond motifs is 2. The number of carbonyl (C=O) groups is 1. The van der Waals surface area contributed by atoms with E-state index in [2.05, 4.69) is 44.9 Å². The fourth-order valence-corrected chi connectivity index (χ4v) is 4.52. The quantitative estimate of drug-likeness (QED) is 0.347. The number of hydrogen-bond acceptors (Lipinski definition) is 8. The van der Waals surface area contributed by atoms with Gasteiger partial charge in [0.05, 0.1) is 24.0 Å². The van der Waals surface area contributed by atoms with Gasteiger partial charge in [0.1, 0.15) is 16.9 Å². The van der Waals surface area contributed by atoms with Gasteiger partial charge in [0, 0.05) is 13.1 Å². The maximum Gasteiger partial charge on any atom is 0.412 e. The number of amides is 1. The van der Waals surface area contributed by atoms with E-state index in [4.69, 9.17) is 14.5 Å². The van der Waals surface area contributed by atoms with Gasteiger partial charge < -0.3 is 19.7 Å². The number of nitrogens with zero attached hydrogens (tertiary/aromatic N) is 4. The summed E-state index contributed by atoms with van der Waals surface area (Å²) in [5.41, 5.74) is 6.03. The molecule has 0 aliphatic carbocycles. The molecule has 0 spiro atoms. The maximum atomic E-state index is 12.6. The minimum absolute atomic E-state index is 0.327. The highest BCUT2D eigenvalue weighted by Gasteiger charge is 2.20. The molecule has 0 unspecified atom stereocenters. The van der Waals surface area contributed by atoms with Crippen LogP contribution in [0.2, 0.25) is 0 Å². The van der Waals surface area contributed by atoms with Crippen LogP contribution < -0.4 is 15.4 Å². The Kier molecular flexibility index (Phi) is 6.86. The van der Waals surface area contributed by atoms with Crippen LogP contribution in [-0.4, -0.2) is 52.5 Å². The van der Waals surface area contributed by atoms with Crippen molar-refractivity contribution in [1.29, 1.82) is 0 Å². The lowest BCUT2D eigenvalue weighted by molar-refractivity contribution is 0.0636. The summed E-state index contributed by atoms with van der Waals surface area (Å²) in [6, 6.07) is 17.8. The molecule has 3 aromatic carbocycles. The van der Waals surface area contributed by atoms with Crippen molar-refractivity contribution in [3.8, 4) is 16.9 Å². The number of methoxy groups -OCH3 is 1. The number of likely N-dealkylation sites (N-methyl/N-ethyl adjacent to an activating group) is 1. The monoisotopic (exact) mass is 512 g/mol. The number of carbonyl (C=O) groups excluding carboxylic acids is 1. The molecule has 1 aliphatic heterocycles. The number of rotatable bonds is 5. The Morgan fingerprint density at radius 1 is 0.974 bits per heavy atom. The van der Waals surface area contributed by atoms with Crippen molar-refractivity contribution in [1.82, 2.24) is 20.1 Å². The lowest BCUT2D eigenvalue weighted by Crippen LogP contribution is -2.27. The Hall–Kier alpha value is -4.24. The average molecular weight is 513 g/mol. The van der Waals surface area contributed by atoms with Crippen molar-refractivity contribution in [2.24, 2.45) is 0 Å². The third-order valence-corrected chi connectivity index (χ3v) is 6.27. The van der Waals surface area contributed by atoms with Crippen LogP contribution in [0, 0.1) is 0 Å². The first-order chi connectivity index (χ1) is 18.2. The normalized spacial score (nSPS) is 13.6. The fraction of sp³-hybridized carbons (Fsp3) is 0.310. The predicted octanol–water partition coefficient (Wildman–Crippen LogP) is 5.78. The SMILES string of the molecule is COc1cc2c(cc1Nc1nnc3c(NC(=O)OC(C)(C)C)cc(-c4ccccc4)cc3n1)CN(C)CC2. The first kappa shape index (κ1) is 25.4. The molecule has 2 heterocycles. The Bertz CT molecular complexity index is 1480. The number of anilines is 3. The molecule has 0 bridgehead atoms. The van der Waals surface area contributed by atoms with E-state index in [-0.39, 0.29) is 0 Å². The van der Waals surface area contributed by atoms with E-state index in [0.717, 1.165) is 42.1 Å². The average Bonchev–Trinajstić information content (AvgIpc) is 2.87. The fourth-order valence-electron chi connectivity index (χ4n) is 4.52. The van der Waals surface area contributed by atoms with Crippen molar-refractivity contribution in [3.05, 3.63) is 65.7 Å². The van der Waals surface area contributed by atoms with Crippen LogP contribution in [0.1, 0.15) is 31.9 Å². The molecule has 0 fully saturated rings. The molecule has 4 aromatic rings. The van der Waals surface area contributed by atoms with Crippen LogP contribution in [-0.2, 0) is 17.7 Å². The van der Waals surface area contributed by atoms with Crippen molar-refractivity contribution in [3.63, 3.8) is 0 Å². The predicted molar refractivity (Wildman–Crippen MR) is 149 cm³/mol. The summed E-state index contributed by atoms with van der Waals surface area (Å²) in [7, 11) is 3.77. The van der Waals surface area contributed by atoms with Gasteiger partial charge in [-0.25, -0.2) is 9.78 Å². The van der Waals surface area contributed by atoms with Crippen LogP contribution in [0.3, 0.4) is 0 Å². The highest BCUT2D eigenvalue weighted by atomic mass is 16.6. The summed E-state index contributed by atoms with van der Waals surface area (Å²) >= 11 is 0. The van der Waals surface area contributed by atoms with Gasteiger partial charge in [-0.1, -0.05) is 30.3 Å². The van der Waals surface area contributed by atoms with Crippen LogP contribution in [0.4, 0.5) is 22.1 Å². The summed E-state index contributed by atoms with van der Waals surface area (Å²) in [6.45, 7) is 7.33. The van der Waals surface area contributed by atoms with Crippen molar-refractivity contribution in [2.45, 2.75) is 39.3 Å². The van der Waals surface area contributed by atoms with E-state index < -0.39 is 11.7 Å². The molecule has 38 heavy (non-hydrogen) atoms. The molecular formula is C29H32N6O3. The van der Waals surface area contributed by atoms with Gasteiger partial charge in [-0.05, 0) is 80.8 Å². The first-order valence-electron chi connectivity index (χ1n) is 12.6. The molecule has 5 rings (SSSR count). The van der Waals surface area contributed by atoms with Crippen molar-refractivity contribution >= 4 is 34.4 Å². The lowest BCUT2D eigenvalue weighted by atomic mass is 9.99. The van der Waals surface area contributed by atoms with Crippen molar-refractivity contribution < 1.29 is 14.3 Å². The van der Waals surface area contributed by atoms with Gasteiger partial charge in [-0.3, -0.25) is 5.32 Å². The highest BCUT2D eigenvalue weighted by molar-refractivity contribution is 5.99. The van der Waals surface area contributed by atoms with Crippen molar-refractivity contribution in [2.75, 3.05) is 31.3 Å². The second-order valence-electron chi connectivity index (χ2n) is 10.5. The summed E-state index contributed by atoms with van der Waals surface area (Å²) in [6.07, 6.45) is 0.406. The van der Waals surface area contributed by atoms with Crippen LogP contribution in [0.15, 0.2) is 54.6 Å². The lowest BCUT2D eigenvalue weighted by Gasteiger charge is -2.26. The summed E-state index contributed by atoms with van der Waals surface area (Å²) < 4.78 is 11.1. The third-order valence-electron chi connectivity index (χ3n) is 6.27. The zero-order chi connectivity index (χ0) is 26.9. The molecule has 1 aliphatic rings. The summed E-state index contributed by atoms with van der Waals surface area (Å²) in [4.78, 5) is 19.7. The minimum atomic E-state index is -0.638. The largest absolute Gasteiger partial charge is 0.495 e. The second kappa shape index (κ2) is 10.3. The van der Waals surface area contributed by atoms with Gasteiger partial charge in [0.2, 0.25) is 5.95 Å². The van der Waals surface area contributed by atoms with Gasteiger partial charge in [0.25, 0.3) is 0 Å². The number of benzene rings is 3. The second-order valence-corrected chi connectivity index (χ2v) is 10.5. The highest BCUT2D eigenvalue weighted by Crippen LogP contribution is 2.34. The first-order valence-corrected chi connectivity index (χ1v) is 12.6. The molecule has 9 heteroatoms. The number of hydrogen-bond donors (Lipinski definition) is 2. The molecule has 2 N–H and O–H groups in total. The Labute approximate surface area is 222 Å². The minimum Gasteiger partial charge on any atom is -0.495 e. The topological polar surface area (TPSA) is 102 Å². The standard InChI is InChI=1S/C29H32N6O3/c1-29(2,3)38-28(36)32-24-14-20(18-9-7-6-8-10-18)13-23-26(24)33-34-27(31-23)30-22-15-21-17-35(4)12-11-19(21)16-25(22)37-5/h6-10,13-16H,11-12,17H2,1-5H3,(H,32,36)(H,30,31,34). The molecule has 0 atom stereocenters. The van der Waals surface area contributed by atoms with E-state index in [9.17, 15) is 4.79 Å². The van der Waals surface area contributed by atoms with Gasteiger partial charge in [0.15, 0.2) is 0 Å². The number of nitrogens with one attached hydrogen (secondary N) is 2. The van der Waals surface area contributed by atoms with E-state index in [1.165, 1.54) is 11.1 Å². The Morgan fingerprint density at radius 2 is 1.76 bits per heavy atom. The molecule has 9 nitrogen and oxygen atoms in total. The maximum absolute atomic E-state index is 12.6. The molecule has 0 saturated heterocycles. The van der Waals surface area contributed by atoms with E-state index in [1.807, 2.05) is 63.2 Å².